The topological polar surface area (TPSA) is 87.8 Å². The molecule has 0 aliphatic carbocycles. The van der Waals surface area contributed by atoms with E-state index in [1.54, 1.807) is 35.4 Å². The van der Waals surface area contributed by atoms with E-state index >= 15 is 0 Å². The summed E-state index contributed by atoms with van der Waals surface area (Å²) < 4.78 is 17.9. The third-order valence-corrected chi connectivity index (χ3v) is 6.83. The summed E-state index contributed by atoms with van der Waals surface area (Å²) in [4.78, 5) is 26.0. The molecule has 2 aromatic rings. The highest BCUT2D eigenvalue weighted by Crippen LogP contribution is 2.34. The Morgan fingerprint density at radius 3 is 2.60 bits per heavy atom. The van der Waals surface area contributed by atoms with Gasteiger partial charge in [-0.05, 0) is 37.1 Å². The van der Waals surface area contributed by atoms with Gasteiger partial charge >= 0.3 is 5.97 Å². The van der Waals surface area contributed by atoms with Crippen molar-refractivity contribution in [3.05, 3.63) is 47.1 Å². The Kier molecular flexibility index (Phi) is 7.63. The summed E-state index contributed by atoms with van der Waals surface area (Å²) in [5, 5.41) is 8.67. The second-order valence-corrected chi connectivity index (χ2v) is 9.77. The Morgan fingerprint density at radius 1 is 1.20 bits per heavy atom. The Balaban J connectivity index is 1.63. The fourth-order valence-corrected chi connectivity index (χ4v) is 4.75. The molecular weight excluding hydrogens is 442 g/mol. The number of carboxylic acid groups (broad SMARTS) is 1. The summed E-state index contributed by atoms with van der Waals surface area (Å²) in [5.74, 6) is 0.243. The number of carbonyl (C=O) groups is 2. The summed E-state index contributed by atoms with van der Waals surface area (Å²) in [5.41, 5.74) is 0.859. The lowest BCUT2D eigenvalue weighted by Crippen LogP contribution is -2.29. The van der Waals surface area contributed by atoms with E-state index in [-0.39, 0.29) is 12.3 Å². The molecule has 1 aliphatic rings. The molecule has 1 N–H and O–H groups in total. The van der Waals surface area contributed by atoms with Crippen molar-refractivity contribution in [3.8, 4) is 11.3 Å². The van der Waals surface area contributed by atoms with Crippen molar-refractivity contribution in [1.82, 2.24) is 4.90 Å². The van der Waals surface area contributed by atoms with E-state index in [0.29, 0.717) is 40.1 Å². The quantitative estimate of drug-likeness (QED) is 0.332. The molecule has 30 heavy (non-hydrogen) atoms. The molecule has 1 aromatic heterocycles. The van der Waals surface area contributed by atoms with Gasteiger partial charge in [-0.15, -0.1) is 0 Å². The summed E-state index contributed by atoms with van der Waals surface area (Å²) in [6, 6.07) is 10.9. The molecule has 9 heteroatoms. The van der Waals surface area contributed by atoms with Gasteiger partial charge in [0.05, 0.1) is 4.91 Å². The zero-order valence-corrected chi connectivity index (χ0v) is 18.8. The van der Waals surface area contributed by atoms with E-state index < -0.39 is 16.8 Å². The maximum absolute atomic E-state index is 12.7. The van der Waals surface area contributed by atoms with Gasteiger partial charge in [0.1, 0.15) is 15.8 Å². The van der Waals surface area contributed by atoms with Crippen molar-refractivity contribution in [2.45, 2.75) is 30.6 Å². The summed E-state index contributed by atoms with van der Waals surface area (Å²) in [6.45, 7) is 0.482. The van der Waals surface area contributed by atoms with Crippen LogP contribution in [0.1, 0.15) is 31.4 Å². The monoisotopic (exact) mass is 463 g/mol. The number of aliphatic carboxylic acids is 1. The average molecular weight is 464 g/mol. The second kappa shape index (κ2) is 10.2. The SMILES string of the molecule is CS(=O)c1ccc(-c2ccc(C=C3SC(=S)N(CCCCCC(=O)O)C3=O)o2)cc1. The molecule has 1 fully saturated rings. The lowest BCUT2D eigenvalue weighted by molar-refractivity contribution is -0.137. The minimum Gasteiger partial charge on any atom is -0.481 e. The lowest BCUT2D eigenvalue weighted by Gasteiger charge is -2.13. The number of carboxylic acids is 1. The van der Waals surface area contributed by atoms with Gasteiger partial charge in [-0.2, -0.15) is 0 Å². The molecule has 158 valence electrons. The van der Waals surface area contributed by atoms with Crippen LogP contribution in [-0.4, -0.2) is 43.2 Å². The van der Waals surface area contributed by atoms with Gasteiger partial charge in [0, 0.05) is 46.6 Å². The Bertz CT molecular complexity index is 1010. The molecule has 6 nitrogen and oxygen atoms in total. The Labute approximate surface area is 186 Å². The molecule has 0 saturated carbocycles. The number of hydrogen-bond acceptors (Lipinski definition) is 6. The zero-order valence-electron chi connectivity index (χ0n) is 16.3. The first-order valence-electron chi connectivity index (χ1n) is 9.36. The van der Waals surface area contributed by atoms with Crippen LogP contribution in [0.25, 0.3) is 17.4 Å². The number of amides is 1. The van der Waals surface area contributed by atoms with Gasteiger partial charge in [-0.1, -0.05) is 42.5 Å². The van der Waals surface area contributed by atoms with Gasteiger partial charge in [-0.3, -0.25) is 18.7 Å². The number of nitrogens with zero attached hydrogens (tertiary/aromatic N) is 1. The molecule has 1 aromatic carbocycles. The average Bonchev–Trinajstić information content (AvgIpc) is 3.27. The largest absolute Gasteiger partial charge is 0.481 e. The molecule has 0 spiro atoms. The van der Waals surface area contributed by atoms with Crippen molar-refractivity contribution in [2.24, 2.45) is 0 Å². The Morgan fingerprint density at radius 2 is 1.93 bits per heavy atom. The first-order valence-corrected chi connectivity index (χ1v) is 12.1. The van der Waals surface area contributed by atoms with Gasteiger partial charge in [0.15, 0.2) is 0 Å². The van der Waals surface area contributed by atoms with Crippen LogP contribution in [0.4, 0.5) is 0 Å². The highest BCUT2D eigenvalue weighted by molar-refractivity contribution is 8.26. The summed E-state index contributed by atoms with van der Waals surface area (Å²) in [6.07, 6.45) is 5.47. The minimum absolute atomic E-state index is 0.137. The van der Waals surface area contributed by atoms with Crippen molar-refractivity contribution in [1.29, 1.82) is 0 Å². The molecule has 1 aliphatic heterocycles. The minimum atomic E-state index is -1.03. The van der Waals surface area contributed by atoms with Crippen molar-refractivity contribution in [3.63, 3.8) is 0 Å². The van der Waals surface area contributed by atoms with E-state index in [1.165, 1.54) is 11.8 Å². The molecule has 0 radical (unpaired) electrons. The first kappa shape index (κ1) is 22.5. The third kappa shape index (κ3) is 5.68. The van der Waals surface area contributed by atoms with Crippen LogP contribution in [0.5, 0.6) is 0 Å². The van der Waals surface area contributed by atoms with Crippen LogP contribution < -0.4 is 0 Å². The zero-order chi connectivity index (χ0) is 21.7. The van der Waals surface area contributed by atoms with Gasteiger partial charge in [0.25, 0.3) is 5.91 Å². The lowest BCUT2D eigenvalue weighted by atomic mass is 10.2. The molecule has 1 atom stereocenters. The molecule has 0 bridgehead atoms. The summed E-state index contributed by atoms with van der Waals surface area (Å²) >= 11 is 6.56. The van der Waals surface area contributed by atoms with Crippen LogP contribution >= 0.6 is 24.0 Å². The van der Waals surface area contributed by atoms with E-state index in [4.69, 9.17) is 21.7 Å². The fraction of sp³-hybridized carbons (Fsp3) is 0.286. The predicted molar refractivity (Wildman–Crippen MR) is 122 cm³/mol. The number of unbranched alkanes of at least 4 members (excludes halogenated alkanes) is 2. The number of benzene rings is 1. The number of thioether (sulfide) groups is 1. The van der Waals surface area contributed by atoms with Crippen molar-refractivity contribution >= 4 is 57.1 Å². The maximum atomic E-state index is 12.7. The van der Waals surface area contributed by atoms with Gasteiger partial charge in [-0.25, -0.2) is 0 Å². The number of carbonyl (C=O) groups excluding carboxylic acids is 1. The van der Waals surface area contributed by atoms with Gasteiger partial charge < -0.3 is 9.52 Å². The number of hydrogen-bond donors (Lipinski definition) is 1. The smallest absolute Gasteiger partial charge is 0.303 e. The van der Waals surface area contributed by atoms with Crippen LogP contribution in [0.2, 0.25) is 0 Å². The fourth-order valence-electron chi connectivity index (χ4n) is 2.94. The first-order chi connectivity index (χ1) is 14.3. The molecular formula is C21H21NO5S3. The normalized spacial score (nSPS) is 16.4. The molecule has 1 amide bonds. The summed E-state index contributed by atoms with van der Waals surface area (Å²) in [7, 11) is -1.03. The van der Waals surface area contributed by atoms with Crippen molar-refractivity contribution in [2.75, 3.05) is 12.8 Å². The van der Waals surface area contributed by atoms with E-state index in [1.807, 2.05) is 18.2 Å². The third-order valence-electron chi connectivity index (χ3n) is 4.52. The maximum Gasteiger partial charge on any atom is 0.303 e. The number of rotatable bonds is 9. The van der Waals surface area contributed by atoms with Gasteiger partial charge in [0.2, 0.25) is 0 Å². The molecule has 2 heterocycles. The standard InChI is InChI=1S/C21H21NO5S3/c1-30(26)16-9-6-14(7-10-16)17-11-8-15(27-17)13-18-20(25)22(21(28)29-18)12-4-2-3-5-19(23)24/h6-11,13H,2-5,12H2,1H3,(H,23,24). The van der Waals surface area contributed by atoms with E-state index in [0.717, 1.165) is 16.9 Å². The van der Waals surface area contributed by atoms with Crippen LogP contribution in [0, 0.1) is 0 Å². The highest BCUT2D eigenvalue weighted by atomic mass is 32.2. The molecule has 1 saturated heterocycles. The highest BCUT2D eigenvalue weighted by Gasteiger charge is 2.31. The van der Waals surface area contributed by atoms with Crippen LogP contribution in [-0.2, 0) is 20.4 Å². The molecule has 1 unspecified atom stereocenters. The van der Waals surface area contributed by atoms with Crippen LogP contribution in [0.3, 0.4) is 0 Å². The predicted octanol–water partition coefficient (Wildman–Crippen LogP) is 4.53. The second-order valence-electron chi connectivity index (χ2n) is 6.72. The number of thiocarbonyl (C=S) groups is 1. The van der Waals surface area contributed by atoms with E-state index in [2.05, 4.69) is 0 Å². The van der Waals surface area contributed by atoms with E-state index in [9.17, 15) is 13.8 Å². The van der Waals surface area contributed by atoms with Crippen LogP contribution in [0.15, 0.2) is 50.6 Å². The molecule has 3 rings (SSSR count). The number of furan rings is 1. The Hall–Kier alpha value is -2.23. The van der Waals surface area contributed by atoms with Crippen molar-refractivity contribution < 1.29 is 23.3 Å².